The van der Waals surface area contributed by atoms with Crippen molar-refractivity contribution in [2.45, 2.75) is 25.7 Å². The molecule has 0 heterocycles. The number of aliphatic carboxylic acids is 1. The van der Waals surface area contributed by atoms with Crippen molar-refractivity contribution in [1.29, 1.82) is 0 Å². The van der Waals surface area contributed by atoms with Crippen LogP contribution in [0, 0.1) is 0 Å². The molecule has 0 bridgehead atoms. The zero-order valence-corrected chi connectivity index (χ0v) is 12.0. The average Bonchev–Trinajstić information content (AvgIpc) is 2.51. The third kappa shape index (κ3) is 5.69. The molecule has 0 unspecified atom stereocenters. The van der Waals surface area contributed by atoms with Gasteiger partial charge in [-0.05, 0) is 42.5 Å². The third-order valence-electron chi connectivity index (χ3n) is 3.25. The van der Waals surface area contributed by atoms with Crippen molar-refractivity contribution in [3.8, 4) is 5.75 Å². The van der Waals surface area contributed by atoms with Crippen LogP contribution in [-0.2, 0) is 17.6 Å². The molecule has 0 aromatic heterocycles. The molecular formula is C18H20O3. The molecule has 2 rings (SSSR count). The van der Waals surface area contributed by atoms with Crippen molar-refractivity contribution in [1.82, 2.24) is 0 Å². The van der Waals surface area contributed by atoms with Crippen molar-refractivity contribution < 1.29 is 14.6 Å². The average molecular weight is 284 g/mol. The molecule has 2 aromatic carbocycles. The van der Waals surface area contributed by atoms with Crippen molar-refractivity contribution >= 4 is 5.97 Å². The first kappa shape index (κ1) is 15.1. The molecule has 0 fully saturated rings. The normalized spacial score (nSPS) is 10.3. The van der Waals surface area contributed by atoms with E-state index in [2.05, 4.69) is 12.1 Å². The Morgan fingerprint density at radius 3 is 2.48 bits per heavy atom. The van der Waals surface area contributed by atoms with Crippen LogP contribution in [0.25, 0.3) is 0 Å². The topological polar surface area (TPSA) is 46.5 Å². The Labute approximate surface area is 125 Å². The predicted octanol–water partition coefficient (Wildman–Crippen LogP) is 3.72. The molecule has 0 atom stereocenters. The smallest absolute Gasteiger partial charge is 0.303 e. The summed E-state index contributed by atoms with van der Waals surface area (Å²) in [5.41, 5.74) is 2.31. The number of benzene rings is 2. The van der Waals surface area contributed by atoms with Gasteiger partial charge >= 0.3 is 5.97 Å². The van der Waals surface area contributed by atoms with Crippen LogP contribution in [-0.4, -0.2) is 17.7 Å². The predicted molar refractivity (Wildman–Crippen MR) is 82.7 cm³/mol. The van der Waals surface area contributed by atoms with Gasteiger partial charge in [0.1, 0.15) is 5.75 Å². The van der Waals surface area contributed by atoms with E-state index in [9.17, 15) is 4.79 Å². The molecule has 0 aliphatic heterocycles. The molecule has 110 valence electrons. The standard InChI is InChI=1S/C18H20O3/c19-18(20)12-11-16-8-4-10-17(14-16)21-13-5-9-15-6-2-1-3-7-15/h1-4,6-8,10,14H,5,9,11-13H2,(H,19,20). The van der Waals surface area contributed by atoms with E-state index in [1.165, 1.54) is 5.56 Å². The Hall–Kier alpha value is -2.29. The second-order valence-corrected chi connectivity index (χ2v) is 4.98. The quantitative estimate of drug-likeness (QED) is 0.752. The molecular weight excluding hydrogens is 264 g/mol. The maximum absolute atomic E-state index is 10.6. The van der Waals surface area contributed by atoms with Gasteiger partial charge in [0.15, 0.2) is 0 Å². The molecule has 0 aliphatic rings. The molecule has 0 saturated carbocycles. The van der Waals surface area contributed by atoms with Gasteiger partial charge in [0.2, 0.25) is 0 Å². The van der Waals surface area contributed by atoms with Crippen LogP contribution in [0.5, 0.6) is 5.75 Å². The van der Waals surface area contributed by atoms with Crippen LogP contribution in [0.15, 0.2) is 54.6 Å². The Balaban J connectivity index is 1.75. The minimum absolute atomic E-state index is 0.150. The van der Waals surface area contributed by atoms with Gasteiger partial charge in [0.25, 0.3) is 0 Å². The Kier molecular flexibility index (Phi) is 5.83. The fraction of sp³-hybridized carbons (Fsp3) is 0.278. The molecule has 0 saturated heterocycles. The van der Waals surface area contributed by atoms with E-state index in [0.29, 0.717) is 13.0 Å². The maximum Gasteiger partial charge on any atom is 0.303 e. The molecule has 0 spiro atoms. The molecule has 3 nitrogen and oxygen atoms in total. The van der Waals surface area contributed by atoms with Crippen LogP contribution in [0.3, 0.4) is 0 Å². The van der Waals surface area contributed by atoms with Crippen LogP contribution in [0.4, 0.5) is 0 Å². The van der Waals surface area contributed by atoms with Crippen LogP contribution < -0.4 is 4.74 Å². The molecule has 0 radical (unpaired) electrons. The lowest BCUT2D eigenvalue weighted by Crippen LogP contribution is -2.01. The minimum Gasteiger partial charge on any atom is -0.494 e. The summed E-state index contributed by atoms with van der Waals surface area (Å²) in [6.07, 6.45) is 2.65. The Morgan fingerprint density at radius 2 is 1.71 bits per heavy atom. The van der Waals surface area contributed by atoms with E-state index in [-0.39, 0.29) is 6.42 Å². The molecule has 2 aromatic rings. The largest absolute Gasteiger partial charge is 0.494 e. The minimum atomic E-state index is -0.774. The highest BCUT2D eigenvalue weighted by Crippen LogP contribution is 2.15. The number of aryl methyl sites for hydroxylation is 2. The van der Waals surface area contributed by atoms with Gasteiger partial charge in [-0.25, -0.2) is 0 Å². The number of ether oxygens (including phenoxy) is 1. The number of rotatable bonds is 8. The Morgan fingerprint density at radius 1 is 0.952 bits per heavy atom. The fourth-order valence-electron chi connectivity index (χ4n) is 2.15. The summed E-state index contributed by atoms with van der Waals surface area (Å²) in [4.78, 5) is 10.6. The van der Waals surface area contributed by atoms with Crippen molar-refractivity contribution in [2.75, 3.05) is 6.61 Å². The lowest BCUT2D eigenvalue weighted by Gasteiger charge is -2.08. The first-order chi connectivity index (χ1) is 10.2. The highest BCUT2D eigenvalue weighted by Gasteiger charge is 2.01. The van der Waals surface area contributed by atoms with E-state index in [1.807, 2.05) is 42.5 Å². The molecule has 3 heteroatoms. The van der Waals surface area contributed by atoms with Gasteiger partial charge in [-0.3, -0.25) is 4.79 Å². The number of carboxylic acids is 1. The summed E-state index contributed by atoms with van der Waals surface area (Å²) in [6, 6.07) is 18.0. The van der Waals surface area contributed by atoms with E-state index in [0.717, 1.165) is 24.2 Å². The fourth-order valence-corrected chi connectivity index (χ4v) is 2.15. The number of carbonyl (C=O) groups is 1. The van der Waals surface area contributed by atoms with Crippen molar-refractivity contribution in [3.63, 3.8) is 0 Å². The first-order valence-electron chi connectivity index (χ1n) is 7.21. The lowest BCUT2D eigenvalue weighted by atomic mass is 10.1. The summed E-state index contributed by atoms with van der Waals surface area (Å²) in [6.45, 7) is 0.664. The summed E-state index contributed by atoms with van der Waals surface area (Å²) >= 11 is 0. The summed E-state index contributed by atoms with van der Waals surface area (Å²) in [5, 5.41) is 8.69. The number of carboxylic acid groups (broad SMARTS) is 1. The monoisotopic (exact) mass is 284 g/mol. The van der Waals surface area contributed by atoms with Crippen LogP contribution in [0.2, 0.25) is 0 Å². The van der Waals surface area contributed by atoms with E-state index < -0.39 is 5.97 Å². The van der Waals surface area contributed by atoms with E-state index >= 15 is 0 Å². The van der Waals surface area contributed by atoms with Gasteiger partial charge in [0, 0.05) is 6.42 Å². The molecule has 1 N–H and O–H groups in total. The van der Waals surface area contributed by atoms with Crippen LogP contribution >= 0.6 is 0 Å². The van der Waals surface area contributed by atoms with Crippen molar-refractivity contribution in [3.05, 3.63) is 65.7 Å². The Bertz CT molecular complexity index is 564. The van der Waals surface area contributed by atoms with E-state index in [1.54, 1.807) is 0 Å². The van der Waals surface area contributed by atoms with Crippen LogP contribution in [0.1, 0.15) is 24.0 Å². The van der Waals surface area contributed by atoms with Gasteiger partial charge in [-0.1, -0.05) is 42.5 Å². The molecule has 0 aliphatic carbocycles. The lowest BCUT2D eigenvalue weighted by molar-refractivity contribution is -0.136. The first-order valence-corrected chi connectivity index (χ1v) is 7.21. The second-order valence-electron chi connectivity index (χ2n) is 4.98. The molecule has 0 amide bonds. The summed E-state index contributed by atoms with van der Waals surface area (Å²) < 4.78 is 5.73. The number of hydrogen-bond acceptors (Lipinski definition) is 2. The third-order valence-corrected chi connectivity index (χ3v) is 3.25. The van der Waals surface area contributed by atoms with E-state index in [4.69, 9.17) is 9.84 Å². The summed E-state index contributed by atoms with van der Waals surface area (Å²) in [5.74, 6) is 0.0372. The maximum atomic E-state index is 10.6. The SMILES string of the molecule is O=C(O)CCc1cccc(OCCCc2ccccc2)c1. The zero-order valence-electron chi connectivity index (χ0n) is 12.0. The zero-order chi connectivity index (χ0) is 14.9. The van der Waals surface area contributed by atoms with Gasteiger partial charge < -0.3 is 9.84 Å². The van der Waals surface area contributed by atoms with Crippen molar-refractivity contribution in [2.24, 2.45) is 0 Å². The van der Waals surface area contributed by atoms with Gasteiger partial charge in [-0.15, -0.1) is 0 Å². The highest BCUT2D eigenvalue weighted by molar-refractivity contribution is 5.67. The number of hydrogen-bond donors (Lipinski definition) is 1. The molecule has 21 heavy (non-hydrogen) atoms. The van der Waals surface area contributed by atoms with Gasteiger partial charge in [0.05, 0.1) is 6.61 Å². The second kappa shape index (κ2) is 8.10. The summed E-state index contributed by atoms with van der Waals surface area (Å²) in [7, 11) is 0. The highest BCUT2D eigenvalue weighted by atomic mass is 16.5. The van der Waals surface area contributed by atoms with Gasteiger partial charge in [-0.2, -0.15) is 0 Å².